The van der Waals surface area contributed by atoms with Crippen LogP contribution < -0.4 is 20.9 Å². The van der Waals surface area contributed by atoms with E-state index in [1.54, 1.807) is 10.6 Å². The highest BCUT2D eigenvalue weighted by Gasteiger charge is 2.16. The molecular formula is C21H25N4O4+. The van der Waals surface area contributed by atoms with E-state index in [1.807, 2.05) is 49.5 Å². The zero-order valence-corrected chi connectivity index (χ0v) is 16.4. The first-order valence-corrected chi connectivity index (χ1v) is 9.72. The Morgan fingerprint density at radius 3 is 2.59 bits per heavy atom. The van der Waals surface area contributed by atoms with Crippen LogP contribution in [0.25, 0.3) is 11.1 Å². The van der Waals surface area contributed by atoms with Gasteiger partial charge in [0.05, 0.1) is 25.8 Å². The van der Waals surface area contributed by atoms with Crippen LogP contribution in [0.2, 0.25) is 0 Å². The number of nitrogens with zero attached hydrogens (tertiary/aromatic N) is 2. The number of fused-ring (bicyclic) bond motifs is 1. The fourth-order valence-corrected chi connectivity index (χ4v) is 3.55. The number of hydrogen-bond acceptors (Lipinski definition) is 5. The van der Waals surface area contributed by atoms with Crippen LogP contribution in [-0.4, -0.2) is 50.4 Å². The Balaban J connectivity index is 1.34. The van der Waals surface area contributed by atoms with Crippen molar-refractivity contribution in [1.29, 1.82) is 0 Å². The first kappa shape index (κ1) is 19.2. The van der Waals surface area contributed by atoms with Crippen LogP contribution in [0, 0.1) is 0 Å². The second-order valence-electron chi connectivity index (χ2n) is 7.25. The molecule has 29 heavy (non-hydrogen) atoms. The average molecular weight is 397 g/mol. The number of hydrogen-bond donors (Lipinski definition) is 2. The van der Waals surface area contributed by atoms with E-state index in [0.29, 0.717) is 12.3 Å². The van der Waals surface area contributed by atoms with Gasteiger partial charge in [-0.15, -0.1) is 0 Å². The Hall–Kier alpha value is -3.10. The van der Waals surface area contributed by atoms with Gasteiger partial charge in [-0.05, 0) is 36.4 Å². The van der Waals surface area contributed by atoms with Crippen molar-refractivity contribution in [2.24, 2.45) is 0 Å². The highest BCUT2D eigenvalue weighted by molar-refractivity contribution is 5.91. The van der Waals surface area contributed by atoms with Crippen LogP contribution in [0.3, 0.4) is 0 Å². The predicted octanol–water partition coefficient (Wildman–Crippen LogP) is 0.542. The summed E-state index contributed by atoms with van der Waals surface area (Å²) < 4.78 is 12.2. The van der Waals surface area contributed by atoms with E-state index in [4.69, 9.17) is 9.15 Å². The van der Waals surface area contributed by atoms with E-state index in [-0.39, 0.29) is 12.5 Å². The minimum absolute atomic E-state index is 0.109. The number of carbonyl (C=O) groups excluding carboxylic acids is 1. The molecule has 1 aliphatic heterocycles. The molecule has 0 saturated carbocycles. The molecule has 2 N–H and O–H groups in total. The highest BCUT2D eigenvalue weighted by atomic mass is 16.5. The monoisotopic (exact) mass is 397 g/mol. The Morgan fingerprint density at radius 2 is 1.83 bits per heavy atom. The smallest absolute Gasteiger partial charge is 0.408 e. The van der Waals surface area contributed by atoms with Gasteiger partial charge in [0.2, 0.25) is 0 Å². The van der Waals surface area contributed by atoms with Crippen molar-refractivity contribution in [3.05, 3.63) is 59.1 Å². The van der Waals surface area contributed by atoms with Crippen LogP contribution in [0.15, 0.2) is 57.7 Å². The maximum atomic E-state index is 12.4. The van der Waals surface area contributed by atoms with Crippen LogP contribution in [0.5, 0.6) is 0 Å². The first-order chi connectivity index (χ1) is 14.1. The van der Waals surface area contributed by atoms with Gasteiger partial charge in [0.1, 0.15) is 0 Å². The number of benzene rings is 2. The van der Waals surface area contributed by atoms with Crippen molar-refractivity contribution < 1.29 is 18.8 Å². The normalized spacial score (nSPS) is 15.4. The first-order valence-electron chi connectivity index (χ1n) is 9.72. The molecule has 1 amide bonds. The van der Waals surface area contributed by atoms with Crippen LogP contribution in [0.4, 0.5) is 11.4 Å². The lowest BCUT2D eigenvalue weighted by Crippen LogP contribution is -3.09. The number of rotatable bonds is 6. The Kier molecular flexibility index (Phi) is 5.64. The summed E-state index contributed by atoms with van der Waals surface area (Å²) in [6.07, 6.45) is 0. The molecule has 1 fully saturated rings. The number of aromatic nitrogens is 1. The van der Waals surface area contributed by atoms with Crippen molar-refractivity contribution in [2.45, 2.75) is 6.67 Å². The van der Waals surface area contributed by atoms with Gasteiger partial charge in [0, 0.05) is 24.5 Å². The van der Waals surface area contributed by atoms with Gasteiger partial charge in [-0.25, -0.2) is 9.36 Å². The van der Waals surface area contributed by atoms with Gasteiger partial charge in [0.25, 0.3) is 5.91 Å². The fraction of sp³-hybridized carbons (Fsp3) is 0.333. The molecule has 3 aromatic rings. The molecule has 1 unspecified atom stereocenters. The number of carbonyl (C=O) groups is 1. The number of quaternary nitrogens is 1. The lowest BCUT2D eigenvalue weighted by Gasteiger charge is -2.28. The van der Waals surface area contributed by atoms with Gasteiger partial charge < -0.3 is 24.3 Å². The molecule has 0 spiro atoms. The molecule has 2 heterocycles. The van der Waals surface area contributed by atoms with Crippen LogP contribution in [-0.2, 0) is 16.2 Å². The topological polar surface area (TPSA) is 81.2 Å². The van der Waals surface area contributed by atoms with Gasteiger partial charge in [-0.3, -0.25) is 4.79 Å². The molecule has 1 aromatic heterocycles. The van der Waals surface area contributed by atoms with Crippen LogP contribution >= 0.6 is 0 Å². The number of anilines is 2. The quantitative estimate of drug-likeness (QED) is 0.635. The number of oxazole rings is 1. The second kappa shape index (κ2) is 8.50. The molecule has 1 aliphatic rings. The largest absolute Gasteiger partial charge is 0.424 e. The zero-order valence-electron chi connectivity index (χ0n) is 16.4. The minimum atomic E-state index is -0.412. The van der Waals surface area contributed by atoms with Gasteiger partial charge >= 0.3 is 5.76 Å². The van der Waals surface area contributed by atoms with E-state index in [1.165, 1.54) is 0 Å². The number of nitrogens with one attached hydrogen (secondary N) is 2. The molecule has 1 atom stereocenters. The maximum Gasteiger partial charge on any atom is 0.424 e. The molecular weight excluding hydrogens is 372 g/mol. The van der Waals surface area contributed by atoms with Crippen molar-refractivity contribution in [3.8, 4) is 0 Å². The zero-order chi connectivity index (χ0) is 20.2. The van der Waals surface area contributed by atoms with Crippen molar-refractivity contribution >= 4 is 28.4 Å². The van der Waals surface area contributed by atoms with Crippen LogP contribution in [0.1, 0.15) is 0 Å². The minimum Gasteiger partial charge on any atom is -0.408 e. The highest BCUT2D eigenvalue weighted by Crippen LogP contribution is 2.18. The lowest BCUT2D eigenvalue weighted by atomic mass is 10.2. The number of ether oxygens (including phenoxy) is 1. The molecule has 152 valence electrons. The summed E-state index contributed by atoms with van der Waals surface area (Å²) in [6, 6.07) is 15.1. The van der Waals surface area contributed by atoms with Gasteiger partial charge in [-0.2, -0.15) is 0 Å². The fourth-order valence-electron chi connectivity index (χ4n) is 3.55. The van der Waals surface area contributed by atoms with Crippen molar-refractivity contribution in [3.63, 3.8) is 0 Å². The molecule has 1 saturated heterocycles. The lowest BCUT2D eigenvalue weighted by molar-refractivity contribution is -0.894. The molecule has 0 radical (unpaired) electrons. The third-order valence-electron chi connectivity index (χ3n) is 4.99. The second-order valence-corrected chi connectivity index (χ2v) is 7.25. The Bertz CT molecular complexity index is 1030. The summed E-state index contributed by atoms with van der Waals surface area (Å²) in [5.74, 6) is -0.521. The third kappa shape index (κ3) is 4.49. The van der Waals surface area contributed by atoms with E-state index < -0.39 is 5.76 Å². The van der Waals surface area contributed by atoms with E-state index in [9.17, 15) is 9.59 Å². The summed E-state index contributed by atoms with van der Waals surface area (Å²) in [4.78, 5) is 27.6. The number of amides is 1. The Morgan fingerprint density at radius 1 is 1.10 bits per heavy atom. The standard InChI is InChI=1S/C21H24N4O4/c1-23(15-25-18-4-2-3-5-19(18)29-21(25)27)14-20(26)22-16-6-8-17(9-7-16)24-10-12-28-13-11-24/h2-9H,10-15H2,1H3,(H,22,26)/p+1. The summed E-state index contributed by atoms with van der Waals surface area (Å²) in [5.41, 5.74) is 3.16. The summed E-state index contributed by atoms with van der Waals surface area (Å²) >= 11 is 0. The molecule has 2 aromatic carbocycles. The van der Waals surface area contributed by atoms with E-state index in [2.05, 4.69) is 10.2 Å². The van der Waals surface area contributed by atoms with Crippen molar-refractivity contribution in [2.75, 3.05) is 50.1 Å². The summed E-state index contributed by atoms with van der Waals surface area (Å²) in [7, 11) is 1.87. The van der Waals surface area contributed by atoms with Crippen molar-refractivity contribution in [1.82, 2.24) is 4.57 Å². The van der Waals surface area contributed by atoms with E-state index in [0.717, 1.165) is 48.1 Å². The third-order valence-corrected chi connectivity index (χ3v) is 4.99. The SMILES string of the molecule is C[NH+](CC(=O)Nc1ccc(N2CCOCC2)cc1)Cn1c(=O)oc2ccccc21. The summed E-state index contributed by atoms with van der Waals surface area (Å²) in [5, 5.41) is 2.92. The predicted molar refractivity (Wildman–Crippen MR) is 110 cm³/mol. The molecule has 0 aliphatic carbocycles. The molecule has 0 bridgehead atoms. The number of likely N-dealkylation sites (N-methyl/N-ethyl adjacent to an activating group) is 1. The Labute approximate surface area is 168 Å². The molecule has 8 nitrogen and oxygen atoms in total. The number of morpholine rings is 1. The summed E-state index contributed by atoms with van der Waals surface area (Å²) in [6.45, 7) is 3.81. The molecule has 4 rings (SSSR count). The van der Waals surface area contributed by atoms with Gasteiger partial charge in [-0.1, -0.05) is 12.1 Å². The van der Waals surface area contributed by atoms with E-state index >= 15 is 0 Å². The molecule has 8 heteroatoms. The maximum absolute atomic E-state index is 12.4. The average Bonchev–Trinajstić information content (AvgIpc) is 3.04. The number of para-hydroxylation sites is 2. The van der Waals surface area contributed by atoms with Gasteiger partial charge in [0.15, 0.2) is 18.8 Å².